The minimum Gasteiger partial charge on any atom is -0.497 e. The van der Waals surface area contributed by atoms with E-state index in [1.165, 1.54) is 16.8 Å². The normalized spacial score (nSPS) is 19.6. The highest BCUT2D eigenvalue weighted by Gasteiger charge is 2.42. The van der Waals surface area contributed by atoms with E-state index in [1.54, 1.807) is 7.11 Å². The van der Waals surface area contributed by atoms with Gasteiger partial charge in [-0.3, -0.25) is 14.3 Å². The topological polar surface area (TPSA) is 103 Å². The van der Waals surface area contributed by atoms with Crippen molar-refractivity contribution in [1.82, 2.24) is 9.55 Å². The van der Waals surface area contributed by atoms with E-state index in [0.717, 1.165) is 22.4 Å². The average Bonchev–Trinajstić information content (AvgIpc) is 3.30. The van der Waals surface area contributed by atoms with Gasteiger partial charge in [0.1, 0.15) is 23.7 Å². The molecule has 1 fully saturated rings. The third-order valence-corrected chi connectivity index (χ3v) is 6.69. The monoisotopic (exact) mass is 500 g/mol. The summed E-state index contributed by atoms with van der Waals surface area (Å²) < 4.78 is 19.5. The highest BCUT2D eigenvalue weighted by Crippen LogP contribution is 2.42. The number of nitrogens with zero attached hydrogens (tertiary/aromatic N) is 1. The van der Waals surface area contributed by atoms with Crippen LogP contribution in [0.4, 0.5) is 0 Å². The third-order valence-electron chi connectivity index (χ3n) is 6.69. The first kappa shape index (κ1) is 24.7. The number of hydrogen-bond acceptors (Lipinski definition) is 6. The maximum Gasteiger partial charge on any atom is 0.330 e. The number of aromatic nitrogens is 2. The Morgan fingerprint density at radius 3 is 2.08 bits per heavy atom. The Morgan fingerprint density at radius 1 is 0.919 bits per heavy atom. The highest BCUT2D eigenvalue weighted by molar-refractivity contribution is 5.48. The van der Waals surface area contributed by atoms with Gasteiger partial charge < -0.3 is 19.3 Å². The van der Waals surface area contributed by atoms with Gasteiger partial charge in [0.15, 0.2) is 0 Å². The second kappa shape index (κ2) is 10.6. The van der Waals surface area contributed by atoms with Crippen LogP contribution in [-0.2, 0) is 15.1 Å². The van der Waals surface area contributed by atoms with Crippen molar-refractivity contribution in [2.75, 3.05) is 13.7 Å². The van der Waals surface area contributed by atoms with Crippen molar-refractivity contribution in [3.8, 4) is 5.75 Å². The Labute approximate surface area is 213 Å². The van der Waals surface area contributed by atoms with Crippen molar-refractivity contribution in [2.24, 2.45) is 0 Å². The molecule has 0 spiro atoms. The molecule has 1 aliphatic heterocycles. The van der Waals surface area contributed by atoms with E-state index in [9.17, 15) is 14.7 Å². The van der Waals surface area contributed by atoms with Crippen LogP contribution >= 0.6 is 0 Å². The van der Waals surface area contributed by atoms with Crippen LogP contribution in [0.1, 0.15) is 29.3 Å². The van der Waals surface area contributed by atoms with Gasteiger partial charge in [-0.1, -0.05) is 72.8 Å². The van der Waals surface area contributed by atoms with E-state index in [-0.39, 0.29) is 13.0 Å². The molecule has 8 nitrogen and oxygen atoms in total. The molecule has 190 valence electrons. The predicted octanol–water partition coefficient (Wildman–Crippen LogP) is 3.20. The van der Waals surface area contributed by atoms with E-state index in [0.29, 0.717) is 0 Å². The SMILES string of the molecule is COc1ccc(C(OC[C@H]2O[C@@H](n3ccc(=O)[nH]c3=O)C[C@@H]2O)(c2ccccc2)c2ccccc2)cc1. The second-order valence-electron chi connectivity index (χ2n) is 8.90. The summed E-state index contributed by atoms with van der Waals surface area (Å²) in [4.78, 5) is 25.9. The minimum atomic E-state index is -1.01. The predicted molar refractivity (Wildman–Crippen MR) is 138 cm³/mol. The molecule has 0 unspecified atom stereocenters. The molecule has 2 N–H and O–H groups in total. The second-order valence-corrected chi connectivity index (χ2v) is 8.90. The molecule has 5 rings (SSSR count). The maximum absolute atomic E-state index is 12.3. The van der Waals surface area contributed by atoms with Crippen LogP contribution in [0, 0.1) is 0 Å². The fourth-order valence-corrected chi connectivity index (χ4v) is 4.82. The largest absolute Gasteiger partial charge is 0.497 e. The van der Waals surface area contributed by atoms with E-state index >= 15 is 0 Å². The number of aliphatic hydroxyl groups is 1. The Bertz CT molecular complexity index is 1390. The van der Waals surface area contributed by atoms with E-state index in [1.807, 2.05) is 84.9 Å². The summed E-state index contributed by atoms with van der Waals surface area (Å²) in [7, 11) is 1.62. The molecule has 1 aromatic heterocycles. The summed E-state index contributed by atoms with van der Waals surface area (Å²) in [5.74, 6) is 0.725. The van der Waals surface area contributed by atoms with Crippen LogP contribution < -0.4 is 16.0 Å². The van der Waals surface area contributed by atoms with Gasteiger partial charge in [0, 0.05) is 18.7 Å². The number of rotatable bonds is 8. The maximum atomic E-state index is 12.3. The standard InChI is InChI=1S/C29H28N2O6/c1-35-23-14-12-22(13-15-23)29(20-8-4-2-5-9-20,21-10-6-3-7-11-21)36-19-25-24(32)18-27(37-25)31-17-16-26(33)30-28(31)34/h2-17,24-25,27,32H,18-19H2,1H3,(H,30,33,34)/t24-,25+,27+/m0/s1. The molecule has 37 heavy (non-hydrogen) atoms. The van der Waals surface area contributed by atoms with Crippen LogP contribution in [0.2, 0.25) is 0 Å². The molecule has 0 aliphatic carbocycles. The summed E-state index contributed by atoms with van der Waals surface area (Å²) in [6.07, 6.45) is -0.738. The third kappa shape index (κ3) is 4.86. The number of methoxy groups -OCH3 is 1. The highest BCUT2D eigenvalue weighted by atomic mass is 16.6. The zero-order valence-electron chi connectivity index (χ0n) is 20.3. The molecular formula is C29H28N2O6. The first-order valence-electron chi connectivity index (χ1n) is 12.1. The number of aliphatic hydroxyl groups excluding tert-OH is 1. The molecule has 1 aliphatic rings. The lowest BCUT2D eigenvalue weighted by Crippen LogP contribution is -2.38. The quantitative estimate of drug-likeness (QED) is 0.360. The Hall–Kier alpha value is -3.98. The van der Waals surface area contributed by atoms with Crippen LogP contribution in [0.15, 0.2) is 107 Å². The molecule has 3 aromatic carbocycles. The smallest absolute Gasteiger partial charge is 0.330 e. The zero-order valence-corrected chi connectivity index (χ0v) is 20.3. The molecule has 0 bridgehead atoms. The van der Waals surface area contributed by atoms with Gasteiger partial charge in [-0.25, -0.2) is 4.79 Å². The van der Waals surface area contributed by atoms with Gasteiger partial charge in [0.05, 0.1) is 19.8 Å². The van der Waals surface area contributed by atoms with Gasteiger partial charge in [-0.05, 0) is 28.8 Å². The van der Waals surface area contributed by atoms with E-state index < -0.39 is 35.3 Å². The van der Waals surface area contributed by atoms with Crippen molar-refractivity contribution in [2.45, 2.75) is 30.5 Å². The van der Waals surface area contributed by atoms with Crippen molar-refractivity contribution < 1.29 is 19.3 Å². The number of ether oxygens (including phenoxy) is 3. The van der Waals surface area contributed by atoms with Crippen LogP contribution in [0.25, 0.3) is 0 Å². The van der Waals surface area contributed by atoms with Gasteiger partial charge in [0.25, 0.3) is 5.56 Å². The fraction of sp³-hybridized carbons (Fsp3) is 0.241. The number of aromatic amines is 1. The van der Waals surface area contributed by atoms with Crippen LogP contribution in [0.3, 0.4) is 0 Å². The number of H-pyrrole nitrogens is 1. The zero-order chi connectivity index (χ0) is 25.8. The molecule has 0 amide bonds. The number of hydrogen-bond donors (Lipinski definition) is 2. The van der Waals surface area contributed by atoms with Gasteiger partial charge in [-0.15, -0.1) is 0 Å². The van der Waals surface area contributed by atoms with Gasteiger partial charge >= 0.3 is 5.69 Å². The molecule has 8 heteroatoms. The summed E-state index contributed by atoms with van der Waals surface area (Å²) in [5.41, 5.74) is 0.610. The van der Waals surface area contributed by atoms with Crippen molar-refractivity contribution in [1.29, 1.82) is 0 Å². The fourth-order valence-electron chi connectivity index (χ4n) is 4.82. The molecule has 4 aromatic rings. The molecule has 0 radical (unpaired) electrons. The summed E-state index contributed by atoms with van der Waals surface area (Å²) >= 11 is 0. The summed E-state index contributed by atoms with van der Waals surface area (Å²) in [5, 5.41) is 10.8. The first-order chi connectivity index (χ1) is 18.0. The van der Waals surface area contributed by atoms with Crippen LogP contribution in [0.5, 0.6) is 5.75 Å². The Kier molecular flexibility index (Phi) is 7.05. The molecule has 2 heterocycles. The van der Waals surface area contributed by atoms with Gasteiger partial charge in [-0.2, -0.15) is 0 Å². The van der Waals surface area contributed by atoms with Gasteiger partial charge in [0.2, 0.25) is 0 Å². The Balaban J connectivity index is 1.52. The van der Waals surface area contributed by atoms with Crippen molar-refractivity contribution >= 4 is 0 Å². The van der Waals surface area contributed by atoms with E-state index in [2.05, 4.69) is 4.98 Å². The lowest BCUT2D eigenvalue weighted by Gasteiger charge is -2.37. The number of nitrogens with one attached hydrogen (secondary N) is 1. The average molecular weight is 501 g/mol. The molecular weight excluding hydrogens is 472 g/mol. The first-order valence-corrected chi connectivity index (χ1v) is 12.1. The Morgan fingerprint density at radius 2 is 1.51 bits per heavy atom. The summed E-state index contributed by atoms with van der Waals surface area (Å²) in [6, 6.07) is 28.7. The van der Waals surface area contributed by atoms with Crippen molar-refractivity contribution in [3.63, 3.8) is 0 Å². The van der Waals surface area contributed by atoms with E-state index in [4.69, 9.17) is 14.2 Å². The summed E-state index contributed by atoms with van der Waals surface area (Å²) in [6.45, 7) is 0.0472. The molecule has 0 saturated carbocycles. The number of benzene rings is 3. The van der Waals surface area contributed by atoms with Crippen LogP contribution in [-0.4, -0.2) is 40.6 Å². The minimum absolute atomic E-state index is 0.0472. The lowest BCUT2D eigenvalue weighted by atomic mass is 9.80. The molecule has 3 atom stereocenters. The lowest BCUT2D eigenvalue weighted by molar-refractivity contribution is -0.0944. The molecule has 1 saturated heterocycles. The van der Waals surface area contributed by atoms with Crippen molar-refractivity contribution in [3.05, 3.63) is 135 Å².